The molecule has 0 N–H and O–H groups in total. The van der Waals surface area contributed by atoms with E-state index in [0.29, 0.717) is 0 Å². The Kier molecular flexibility index (Phi) is 3.11. The molecule has 1 atom stereocenters. The molecule has 0 aromatic carbocycles. The van der Waals surface area contributed by atoms with Crippen LogP contribution in [0.3, 0.4) is 0 Å². The molecule has 22 heavy (non-hydrogen) atoms. The minimum absolute atomic E-state index is 0.00865. The highest BCUT2D eigenvalue weighted by Crippen LogP contribution is 2.36. The second kappa shape index (κ2) is 4.91. The first-order chi connectivity index (χ1) is 10.6. The Labute approximate surface area is 134 Å². The van der Waals surface area contributed by atoms with Crippen molar-refractivity contribution in [3.8, 4) is 0 Å². The molecule has 5 nitrogen and oxygen atoms in total. The minimum Gasteiger partial charge on any atom is -0.344 e. The van der Waals surface area contributed by atoms with Crippen molar-refractivity contribution in [2.75, 3.05) is 18.0 Å². The van der Waals surface area contributed by atoms with Gasteiger partial charge in [0.2, 0.25) is 5.91 Å². The molecule has 2 fully saturated rings. The summed E-state index contributed by atoms with van der Waals surface area (Å²) < 4.78 is 0. The van der Waals surface area contributed by atoms with Crippen LogP contribution in [-0.4, -0.2) is 45.4 Å². The summed E-state index contributed by atoms with van der Waals surface area (Å²) in [6, 6.07) is 1.99. The summed E-state index contributed by atoms with van der Waals surface area (Å²) >= 11 is 1.62. The number of likely N-dealkylation sites (tertiary alicyclic amines) is 1. The number of aromatic nitrogens is 2. The summed E-state index contributed by atoms with van der Waals surface area (Å²) in [5.41, 5.74) is 0.00865. The second-order valence-electron chi connectivity index (χ2n) is 6.74. The molecule has 0 aliphatic carbocycles. The van der Waals surface area contributed by atoms with Crippen LogP contribution in [0.2, 0.25) is 0 Å². The number of carbonyl (C=O) groups is 1. The average molecular weight is 316 g/mol. The standard InChI is InChI=1S/C16H20N4OS/c1-16(2)6-8-20(16)15(21)12-4-3-7-19(12)13-11-5-9-22-14(11)18-10-17-13/h5,9-10,12H,3-4,6-8H2,1-2H3. The minimum atomic E-state index is -0.0717. The molecule has 4 rings (SSSR count). The highest BCUT2D eigenvalue weighted by atomic mass is 32.1. The molecule has 116 valence electrons. The molecule has 0 radical (unpaired) electrons. The van der Waals surface area contributed by atoms with Gasteiger partial charge in [0.05, 0.1) is 5.39 Å². The predicted octanol–water partition coefficient (Wildman–Crippen LogP) is 2.67. The Balaban J connectivity index is 1.67. The van der Waals surface area contributed by atoms with E-state index in [0.717, 1.165) is 48.4 Å². The number of thiophene rings is 1. The van der Waals surface area contributed by atoms with E-state index in [9.17, 15) is 4.79 Å². The number of amides is 1. The summed E-state index contributed by atoms with van der Waals surface area (Å²) in [7, 11) is 0. The van der Waals surface area contributed by atoms with Gasteiger partial charge < -0.3 is 9.80 Å². The van der Waals surface area contributed by atoms with Crippen molar-refractivity contribution >= 4 is 33.3 Å². The average Bonchev–Trinajstić information content (AvgIpc) is 3.14. The summed E-state index contributed by atoms with van der Waals surface area (Å²) in [6.07, 6.45) is 4.66. The molecule has 6 heteroatoms. The lowest BCUT2D eigenvalue weighted by Crippen LogP contribution is -2.62. The molecule has 2 aliphatic rings. The van der Waals surface area contributed by atoms with Gasteiger partial charge in [-0.15, -0.1) is 11.3 Å². The van der Waals surface area contributed by atoms with Crippen molar-refractivity contribution in [3.63, 3.8) is 0 Å². The topological polar surface area (TPSA) is 49.3 Å². The maximum absolute atomic E-state index is 12.9. The Morgan fingerprint density at radius 1 is 1.36 bits per heavy atom. The van der Waals surface area contributed by atoms with Crippen molar-refractivity contribution in [1.29, 1.82) is 0 Å². The first kappa shape index (κ1) is 13.9. The van der Waals surface area contributed by atoms with Crippen LogP contribution in [-0.2, 0) is 4.79 Å². The van der Waals surface area contributed by atoms with Crippen LogP contribution in [0.25, 0.3) is 10.2 Å². The summed E-state index contributed by atoms with van der Waals surface area (Å²) in [4.78, 5) is 27.0. The monoisotopic (exact) mass is 316 g/mol. The fourth-order valence-corrected chi connectivity index (χ4v) is 4.27. The zero-order valence-electron chi connectivity index (χ0n) is 13.0. The van der Waals surface area contributed by atoms with Crippen molar-refractivity contribution in [2.24, 2.45) is 0 Å². The van der Waals surface area contributed by atoms with Crippen LogP contribution < -0.4 is 4.90 Å². The number of rotatable bonds is 2. The van der Waals surface area contributed by atoms with Gasteiger partial charge in [-0.2, -0.15) is 0 Å². The fourth-order valence-electron chi connectivity index (χ4n) is 3.54. The van der Waals surface area contributed by atoms with Gasteiger partial charge in [-0.05, 0) is 44.6 Å². The summed E-state index contributed by atoms with van der Waals surface area (Å²) in [5, 5.41) is 3.10. The third-order valence-electron chi connectivity index (χ3n) is 4.99. The van der Waals surface area contributed by atoms with Crippen LogP contribution in [0.1, 0.15) is 33.1 Å². The largest absolute Gasteiger partial charge is 0.344 e. The lowest BCUT2D eigenvalue weighted by atomic mass is 9.88. The molecule has 2 saturated heterocycles. The molecular weight excluding hydrogens is 296 g/mol. The number of carbonyl (C=O) groups excluding carboxylic acids is 1. The van der Waals surface area contributed by atoms with Crippen molar-refractivity contribution in [2.45, 2.75) is 44.7 Å². The van der Waals surface area contributed by atoms with Gasteiger partial charge in [-0.25, -0.2) is 9.97 Å². The Hall–Kier alpha value is -1.69. The highest BCUT2D eigenvalue weighted by Gasteiger charge is 2.44. The lowest BCUT2D eigenvalue weighted by Gasteiger charge is -2.50. The quantitative estimate of drug-likeness (QED) is 0.855. The summed E-state index contributed by atoms with van der Waals surface area (Å²) in [6.45, 7) is 6.07. The fraction of sp³-hybridized carbons (Fsp3) is 0.562. The van der Waals surface area contributed by atoms with Gasteiger partial charge in [-0.3, -0.25) is 4.79 Å². The summed E-state index contributed by atoms with van der Waals surface area (Å²) in [5.74, 6) is 1.18. The van der Waals surface area contributed by atoms with Crippen LogP contribution in [0.15, 0.2) is 17.8 Å². The molecule has 4 heterocycles. The number of hydrogen-bond donors (Lipinski definition) is 0. The van der Waals surface area contributed by atoms with Gasteiger partial charge in [0, 0.05) is 18.6 Å². The number of nitrogens with zero attached hydrogens (tertiary/aromatic N) is 4. The van der Waals surface area contributed by atoms with Crippen molar-refractivity contribution in [3.05, 3.63) is 17.8 Å². The maximum Gasteiger partial charge on any atom is 0.245 e. The van der Waals surface area contributed by atoms with Crippen molar-refractivity contribution in [1.82, 2.24) is 14.9 Å². The van der Waals surface area contributed by atoms with Gasteiger partial charge in [0.15, 0.2) is 0 Å². The molecule has 1 amide bonds. The van der Waals surface area contributed by atoms with Gasteiger partial charge in [0.1, 0.15) is 23.0 Å². The zero-order valence-corrected chi connectivity index (χ0v) is 13.8. The Morgan fingerprint density at radius 3 is 2.95 bits per heavy atom. The Morgan fingerprint density at radius 2 is 2.23 bits per heavy atom. The van der Waals surface area contributed by atoms with Gasteiger partial charge in [-0.1, -0.05) is 0 Å². The van der Waals surface area contributed by atoms with E-state index in [1.165, 1.54) is 0 Å². The maximum atomic E-state index is 12.9. The molecular formula is C16H20N4OS. The molecule has 2 aromatic heterocycles. The number of hydrogen-bond acceptors (Lipinski definition) is 5. The van der Waals surface area contributed by atoms with Crippen LogP contribution in [0.4, 0.5) is 5.82 Å². The van der Waals surface area contributed by atoms with Crippen LogP contribution in [0, 0.1) is 0 Å². The third-order valence-corrected chi connectivity index (χ3v) is 5.82. The van der Waals surface area contributed by atoms with E-state index in [1.807, 2.05) is 10.3 Å². The first-order valence-electron chi connectivity index (χ1n) is 7.84. The SMILES string of the molecule is CC1(C)CCN1C(=O)C1CCCN1c1ncnc2sccc12. The zero-order chi connectivity index (χ0) is 15.3. The molecule has 2 aliphatic heterocycles. The number of fused-ring (bicyclic) bond motifs is 1. The molecule has 0 saturated carbocycles. The molecule has 0 bridgehead atoms. The van der Waals surface area contributed by atoms with Gasteiger partial charge in [0.25, 0.3) is 0 Å². The molecule has 0 spiro atoms. The third kappa shape index (κ3) is 2.00. The number of anilines is 1. The second-order valence-corrected chi connectivity index (χ2v) is 7.64. The normalized spacial score (nSPS) is 23.8. The Bertz CT molecular complexity index is 726. The highest BCUT2D eigenvalue weighted by molar-refractivity contribution is 7.16. The van der Waals surface area contributed by atoms with E-state index in [4.69, 9.17) is 0 Å². The van der Waals surface area contributed by atoms with Gasteiger partial charge >= 0.3 is 0 Å². The predicted molar refractivity (Wildman–Crippen MR) is 88.2 cm³/mol. The van der Waals surface area contributed by atoms with E-state index in [1.54, 1.807) is 17.7 Å². The van der Waals surface area contributed by atoms with Crippen LogP contribution >= 0.6 is 11.3 Å². The molecule has 1 unspecified atom stereocenters. The molecule has 2 aromatic rings. The van der Waals surface area contributed by atoms with Crippen LogP contribution in [0.5, 0.6) is 0 Å². The smallest absolute Gasteiger partial charge is 0.245 e. The lowest BCUT2D eigenvalue weighted by molar-refractivity contribution is -0.145. The van der Waals surface area contributed by atoms with Crippen molar-refractivity contribution < 1.29 is 4.79 Å². The van der Waals surface area contributed by atoms with E-state index >= 15 is 0 Å². The van der Waals surface area contributed by atoms with E-state index in [2.05, 4.69) is 34.8 Å². The first-order valence-corrected chi connectivity index (χ1v) is 8.72. The van der Waals surface area contributed by atoms with E-state index < -0.39 is 0 Å². The van der Waals surface area contributed by atoms with E-state index in [-0.39, 0.29) is 17.5 Å².